The third kappa shape index (κ3) is 3.76. The average molecular weight is 486 g/mol. The summed E-state index contributed by atoms with van der Waals surface area (Å²) in [7, 11) is 0. The molecule has 0 bridgehead atoms. The molecular weight excluding hydrogens is 458 g/mol. The molecule has 38 heavy (non-hydrogen) atoms. The minimum absolute atomic E-state index is 0.992. The predicted molar refractivity (Wildman–Crippen MR) is 163 cm³/mol. The van der Waals surface area contributed by atoms with Gasteiger partial charge >= 0.3 is 0 Å². The van der Waals surface area contributed by atoms with Gasteiger partial charge in [0.25, 0.3) is 0 Å². The molecule has 0 fully saturated rings. The number of fused-ring (bicyclic) bond motifs is 3. The molecule has 180 valence electrons. The van der Waals surface area contributed by atoms with Gasteiger partial charge in [0.1, 0.15) is 0 Å². The Morgan fingerprint density at radius 3 is 1.58 bits per heavy atom. The lowest BCUT2D eigenvalue weighted by Gasteiger charge is -2.11. The first-order valence-electron chi connectivity index (χ1n) is 13.1. The van der Waals surface area contributed by atoms with E-state index in [0.29, 0.717) is 0 Å². The van der Waals surface area contributed by atoms with E-state index in [2.05, 4.69) is 141 Å². The zero-order valence-electron chi connectivity index (χ0n) is 21.6. The molecule has 1 aromatic heterocycles. The third-order valence-corrected chi connectivity index (χ3v) is 7.78. The maximum atomic E-state index is 5.02. The van der Waals surface area contributed by atoms with E-state index in [0.717, 1.165) is 22.2 Å². The second kappa shape index (κ2) is 8.97. The highest BCUT2D eigenvalue weighted by Crippen LogP contribution is 2.34. The molecule has 0 atom stereocenters. The van der Waals surface area contributed by atoms with E-state index in [9.17, 15) is 0 Å². The molecule has 0 spiro atoms. The Bertz CT molecular complexity index is 1980. The molecule has 0 unspecified atom stereocenters. The minimum atomic E-state index is 0.992. The highest BCUT2D eigenvalue weighted by Gasteiger charge is 2.09. The van der Waals surface area contributed by atoms with Crippen molar-refractivity contribution in [1.82, 2.24) is 4.98 Å². The van der Waals surface area contributed by atoms with Gasteiger partial charge in [-0.05, 0) is 87.0 Å². The summed E-state index contributed by atoms with van der Waals surface area (Å²) >= 11 is 0. The first-order chi connectivity index (χ1) is 18.7. The Balaban J connectivity index is 1.24. The molecule has 0 amide bonds. The zero-order valence-corrected chi connectivity index (χ0v) is 21.6. The molecule has 0 radical (unpaired) electrons. The van der Waals surface area contributed by atoms with Crippen molar-refractivity contribution in [3.05, 3.63) is 139 Å². The average Bonchev–Trinajstić information content (AvgIpc) is 2.97. The van der Waals surface area contributed by atoms with Gasteiger partial charge in [-0.1, -0.05) is 109 Å². The van der Waals surface area contributed by atoms with E-state index in [1.807, 2.05) is 0 Å². The van der Waals surface area contributed by atoms with Crippen molar-refractivity contribution in [2.24, 2.45) is 0 Å². The van der Waals surface area contributed by atoms with E-state index < -0.39 is 0 Å². The van der Waals surface area contributed by atoms with Gasteiger partial charge in [0, 0.05) is 10.9 Å². The normalized spacial score (nSPS) is 11.4. The fourth-order valence-electron chi connectivity index (χ4n) is 5.68. The molecule has 0 aliphatic carbocycles. The standard InChI is InChI=1S/C37H27N/c1-24-11-19-32(34-9-5-3-7-30(24)34)26-13-15-27(16-14-26)36-22-18-29-23-28(17-21-37(29)38-36)33-20-12-25(2)31-8-4-6-10-35(31)33/h3-23H,1-2H3. The van der Waals surface area contributed by atoms with Gasteiger partial charge in [-0.15, -0.1) is 0 Å². The van der Waals surface area contributed by atoms with Gasteiger partial charge < -0.3 is 0 Å². The molecule has 1 nitrogen and oxygen atoms in total. The van der Waals surface area contributed by atoms with Crippen molar-refractivity contribution in [3.63, 3.8) is 0 Å². The molecule has 7 rings (SSSR count). The van der Waals surface area contributed by atoms with Crippen LogP contribution >= 0.6 is 0 Å². The molecule has 0 saturated heterocycles. The third-order valence-electron chi connectivity index (χ3n) is 7.78. The van der Waals surface area contributed by atoms with Crippen molar-refractivity contribution in [1.29, 1.82) is 0 Å². The second-order valence-electron chi connectivity index (χ2n) is 10.1. The quantitative estimate of drug-likeness (QED) is 0.243. The number of hydrogen-bond donors (Lipinski definition) is 0. The SMILES string of the molecule is Cc1ccc(-c2ccc(-c3ccc4cc(-c5ccc(C)c6ccccc56)ccc4n3)cc2)c2ccccc12. The van der Waals surface area contributed by atoms with Crippen molar-refractivity contribution in [2.45, 2.75) is 13.8 Å². The Hall–Kier alpha value is -4.75. The summed E-state index contributed by atoms with van der Waals surface area (Å²) in [4.78, 5) is 5.02. The van der Waals surface area contributed by atoms with Crippen molar-refractivity contribution in [3.8, 4) is 33.5 Å². The highest BCUT2D eigenvalue weighted by atomic mass is 14.7. The summed E-state index contributed by atoms with van der Waals surface area (Å²) in [6, 6.07) is 45.9. The van der Waals surface area contributed by atoms with Crippen molar-refractivity contribution in [2.75, 3.05) is 0 Å². The van der Waals surface area contributed by atoms with Crippen LogP contribution < -0.4 is 0 Å². The lowest BCUT2D eigenvalue weighted by atomic mass is 9.94. The van der Waals surface area contributed by atoms with Crippen molar-refractivity contribution >= 4 is 32.4 Å². The van der Waals surface area contributed by atoms with Crippen LogP contribution in [0.3, 0.4) is 0 Å². The molecule has 0 saturated carbocycles. The summed E-state index contributed by atoms with van der Waals surface area (Å²) < 4.78 is 0. The Morgan fingerprint density at radius 2 is 0.947 bits per heavy atom. The van der Waals surface area contributed by atoms with E-state index in [1.54, 1.807) is 0 Å². The van der Waals surface area contributed by atoms with Gasteiger partial charge in [0.2, 0.25) is 0 Å². The Morgan fingerprint density at radius 1 is 0.421 bits per heavy atom. The molecule has 7 aromatic rings. The van der Waals surface area contributed by atoms with E-state index >= 15 is 0 Å². The molecule has 1 heteroatoms. The smallest absolute Gasteiger partial charge is 0.0709 e. The highest BCUT2D eigenvalue weighted by molar-refractivity contribution is 6.01. The number of hydrogen-bond acceptors (Lipinski definition) is 1. The maximum absolute atomic E-state index is 5.02. The topological polar surface area (TPSA) is 12.9 Å². The summed E-state index contributed by atoms with van der Waals surface area (Å²) in [6.07, 6.45) is 0. The Labute approximate surface area is 223 Å². The number of aromatic nitrogens is 1. The van der Waals surface area contributed by atoms with Crippen LogP contribution in [-0.4, -0.2) is 4.98 Å². The zero-order chi connectivity index (χ0) is 25.6. The fraction of sp³-hybridized carbons (Fsp3) is 0.0541. The fourth-order valence-corrected chi connectivity index (χ4v) is 5.68. The first-order valence-corrected chi connectivity index (χ1v) is 13.1. The number of nitrogens with zero attached hydrogens (tertiary/aromatic N) is 1. The van der Waals surface area contributed by atoms with Crippen LogP contribution in [0.2, 0.25) is 0 Å². The number of aryl methyl sites for hydroxylation is 2. The van der Waals surface area contributed by atoms with Crippen LogP contribution in [0.25, 0.3) is 66.0 Å². The van der Waals surface area contributed by atoms with Crippen LogP contribution in [-0.2, 0) is 0 Å². The monoisotopic (exact) mass is 485 g/mol. The predicted octanol–water partition coefficient (Wildman–Crippen LogP) is 10.2. The van der Waals surface area contributed by atoms with Gasteiger partial charge in [0.15, 0.2) is 0 Å². The van der Waals surface area contributed by atoms with Crippen LogP contribution in [0.4, 0.5) is 0 Å². The van der Waals surface area contributed by atoms with E-state index in [-0.39, 0.29) is 0 Å². The lowest BCUT2D eigenvalue weighted by molar-refractivity contribution is 1.40. The van der Waals surface area contributed by atoms with Crippen LogP contribution in [0, 0.1) is 13.8 Å². The van der Waals surface area contributed by atoms with Crippen LogP contribution in [0.15, 0.2) is 127 Å². The summed E-state index contributed by atoms with van der Waals surface area (Å²) in [6.45, 7) is 4.35. The molecule has 1 heterocycles. The largest absolute Gasteiger partial charge is 0.248 e. The van der Waals surface area contributed by atoms with E-state index in [4.69, 9.17) is 4.98 Å². The molecule has 6 aromatic carbocycles. The van der Waals surface area contributed by atoms with E-state index in [1.165, 1.54) is 54.9 Å². The van der Waals surface area contributed by atoms with Gasteiger partial charge in [0.05, 0.1) is 11.2 Å². The number of rotatable bonds is 3. The summed E-state index contributed by atoms with van der Waals surface area (Å²) in [5, 5.41) is 6.35. The Kier molecular flexibility index (Phi) is 5.30. The summed E-state index contributed by atoms with van der Waals surface area (Å²) in [5.41, 5.74) is 10.7. The van der Waals surface area contributed by atoms with Gasteiger partial charge in [-0.25, -0.2) is 4.98 Å². The first kappa shape index (κ1) is 22.4. The van der Waals surface area contributed by atoms with Crippen LogP contribution in [0.1, 0.15) is 11.1 Å². The number of benzene rings is 6. The molecule has 0 aliphatic rings. The lowest BCUT2D eigenvalue weighted by Crippen LogP contribution is -1.88. The molecule has 0 N–H and O–H groups in total. The van der Waals surface area contributed by atoms with Gasteiger partial charge in [-0.2, -0.15) is 0 Å². The second-order valence-corrected chi connectivity index (χ2v) is 10.1. The minimum Gasteiger partial charge on any atom is -0.248 e. The number of pyridine rings is 1. The summed E-state index contributed by atoms with van der Waals surface area (Å²) in [5.74, 6) is 0. The molecular formula is C37H27N. The van der Waals surface area contributed by atoms with Crippen molar-refractivity contribution < 1.29 is 0 Å². The van der Waals surface area contributed by atoms with Crippen LogP contribution in [0.5, 0.6) is 0 Å². The maximum Gasteiger partial charge on any atom is 0.0709 e. The van der Waals surface area contributed by atoms with Gasteiger partial charge in [-0.3, -0.25) is 0 Å². The molecule has 0 aliphatic heterocycles.